The highest BCUT2D eigenvalue weighted by atomic mass is 16.6. The van der Waals surface area contributed by atoms with Crippen molar-refractivity contribution in [3.05, 3.63) is 73.2 Å². The van der Waals surface area contributed by atoms with Gasteiger partial charge in [-0.25, -0.2) is 24.4 Å². The molecule has 3 amide bonds. The molecule has 4 aromatic rings. The Labute approximate surface area is 186 Å². The lowest BCUT2D eigenvalue weighted by Crippen LogP contribution is -2.38. The molecule has 2 aromatic heterocycles. The predicted molar refractivity (Wildman–Crippen MR) is 117 cm³/mol. The van der Waals surface area contributed by atoms with Crippen LogP contribution in [0.3, 0.4) is 0 Å². The Bertz CT molecular complexity index is 1340. The average Bonchev–Trinajstić information content (AvgIpc) is 3.22. The maximum absolute atomic E-state index is 12.5. The molecule has 11 nitrogen and oxygen atoms in total. The van der Waals surface area contributed by atoms with Crippen LogP contribution < -0.4 is 19.7 Å². The first-order valence-corrected chi connectivity index (χ1v) is 9.59. The van der Waals surface area contributed by atoms with Gasteiger partial charge in [0.25, 0.3) is 0 Å². The van der Waals surface area contributed by atoms with E-state index in [-0.39, 0.29) is 23.5 Å². The summed E-state index contributed by atoms with van der Waals surface area (Å²) in [5.74, 6) is 0.232. The molecule has 2 heterocycles. The Kier molecular flexibility index (Phi) is 5.85. The van der Waals surface area contributed by atoms with Crippen molar-refractivity contribution in [3.63, 3.8) is 0 Å². The van der Waals surface area contributed by atoms with E-state index in [1.165, 1.54) is 29.8 Å². The molecule has 33 heavy (non-hydrogen) atoms. The van der Waals surface area contributed by atoms with Crippen LogP contribution in [0.15, 0.2) is 73.2 Å². The molecule has 2 N–H and O–H groups in total. The van der Waals surface area contributed by atoms with E-state index in [1.807, 2.05) is 0 Å². The van der Waals surface area contributed by atoms with Crippen molar-refractivity contribution in [1.29, 1.82) is 0 Å². The quantitative estimate of drug-likeness (QED) is 0.477. The van der Waals surface area contributed by atoms with Gasteiger partial charge in [-0.2, -0.15) is 4.90 Å². The van der Waals surface area contributed by atoms with E-state index in [9.17, 15) is 19.5 Å². The number of benzene rings is 2. The second kappa shape index (κ2) is 9.06. The van der Waals surface area contributed by atoms with E-state index < -0.39 is 12.2 Å². The van der Waals surface area contributed by atoms with E-state index in [2.05, 4.69) is 15.3 Å². The van der Waals surface area contributed by atoms with Gasteiger partial charge >= 0.3 is 18.2 Å². The van der Waals surface area contributed by atoms with Crippen molar-refractivity contribution in [3.8, 4) is 17.4 Å². The number of carbonyl (C=O) groups is 3. The lowest BCUT2D eigenvalue weighted by atomic mass is 10.2. The summed E-state index contributed by atoms with van der Waals surface area (Å²) >= 11 is 0. The Morgan fingerprint density at radius 3 is 2.52 bits per heavy atom. The molecule has 0 saturated heterocycles. The second-order valence-corrected chi connectivity index (χ2v) is 6.58. The van der Waals surface area contributed by atoms with Crippen molar-refractivity contribution in [1.82, 2.24) is 19.9 Å². The number of carboxylic acid groups (broad SMARTS) is 1. The normalized spacial score (nSPS) is 10.5. The molecule has 4 rings (SSSR count). The summed E-state index contributed by atoms with van der Waals surface area (Å²) in [7, 11) is 1.52. The zero-order chi connectivity index (χ0) is 23.4. The summed E-state index contributed by atoms with van der Waals surface area (Å²) < 4.78 is 12.2. The second-order valence-electron chi connectivity index (χ2n) is 6.58. The minimum atomic E-state index is -1.59. The minimum Gasteiger partial charge on any atom is -0.464 e. The molecule has 0 radical (unpaired) electrons. The third-order valence-corrected chi connectivity index (χ3v) is 4.50. The van der Waals surface area contributed by atoms with Gasteiger partial charge in [-0.3, -0.25) is 4.57 Å². The van der Waals surface area contributed by atoms with Crippen LogP contribution in [0.4, 0.5) is 20.2 Å². The number of hydrogen-bond acceptors (Lipinski definition) is 7. The van der Waals surface area contributed by atoms with Crippen LogP contribution in [-0.2, 0) is 0 Å². The van der Waals surface area contributed by atoms with Crippen LogP contribution in [0.25, 0.3) is 10.9 Å². The third-order valence-electron chi connectivity index (χ3n) is 4.50. The molecular weight excluding hydrogens is 430 g/mol. The number of imide groups is 1. The van der Waals surface area contributed by atoms with Crippen LogP contribution in [0.1, 0.15) is 0 Å². The maximum Gasteiger partial charge on any atom is 0.430 e. The number of rotatable bonds is 4. The van der Waals surface area contributed by atoms with Crippen LogP contribution in [0, 0.1) is 0 Å². The molecule has 0 aliphatic heterocycles. The number of aromatic nitrogens is 3. The average molecular weight is 447 g/mol. The summed E-state index contributed by atoms with van der Waals surface area (Å²) in [5.41, 5.74) is 0.597. The lowest BCUT2D eigenvalue weighted by Gasteiger charge is -2.16. The first-order chi connectivity index (χ1) is 16.0. The van der Waals surface area contributed by atoms with Crippen LogP contribution in [0.5, 0.6) is 17.4 Å². The number of amides is 3. The molecule has 2 aromatic carbocycles. The van der Waals surface area contributed by atoms with Crippen molar-refractivity contribution in [2.24, 2.45) is 0 Å². The molecule has 11 heteroatoms. The van der Waals surface area contributed by atoms with Gasteiger partial charge < -0.3 is 19.9 Å². The van der Waals surface area contributed by atoms with Crippen molar-refractivity contribution in [2.45, 2.75) is 0 Å². The Morgan fingerprint density at radius 1 is 1.00 bits per heavy atom. The predicted octanol–water partition coefficient (Wildman–Crippen LogP) is 4.09. The van der Waals surface area contributed by atoms with E-state index in [4.69, 9.17) is 9.47 Å². The Morgan fingerprint density at radius 2 is 1.79 bits per heavy atom. The molecule has 0 spiro atoms. The molecule has 0 saturated carbocycles. The highest BCUT2D eigenvalue weighted by Gasteiger charge is 2.27. The number of ether oxygens (including phenoxy) is 2. The van der Waals surface area contributed by atoms with Crippen LogP contribution in [-0.4, -0.2) is 44.9 Å². The van der Waals surface area contributed by atoms with E-state index in [0.717, 1.165) is 11.7 Å². The molecule has 0 unspecified atom stereocenters. The monoisotopic (exact) mass is 447 g/mol. The van der Waals surface area contributed by atoms with Crippen molar-refractivity contribution in [2.75, 3.05) is 11.9 Å². The number of para-hydroxylation sites is 1. The number of fused-ring (bicyclic) bond motifs is 1. The smallest absolute Gasteiger partial charge is 0.430 e. The summed E-state index contributed by atoms with van der Waals surface area (Å²) in [5, 5.41) is 12.9. The topological polar surface area (TPSA) is 136 Å². The molecular formula is C22H17N5O6. The number of hydrogen-bond donors (Lipinski definition) is 2. The summed E-state index contributed by atoms with van der Waals surface area (Å²) in [6, 6.07) is 15.7. The SMILES string of the molecule is CNC(=O)n1ccc2ccc(Oc3cc(N(C(=O)O)C(=O)Oc4ccccc4)ncn3)cc21. The Balaban J connectivity index is 1.59. The molecule has 0 atom stereocenters. The third kappa shape index (κ3) is 4.56. The number of carbonyl (C=O) groups excluding carboxylic acids is 2. The number of nitrogens with one attached hydrogen (secondary N) is 1. The fourth-order valence-electron chi connectivity index (χ4n) is 3.00. The fourth-order valence-corrected chi connectivity index (χ4v) is 3.00. The standard InChI is InChI=1S/C22H17N5O6/c1-23-20(28)26-10-9-14-7-8-16(11-17(14)26)32-19-12-18(24-13-25-19)27(21(29)30)22(31)33-15-5-3-2-4-6-15/h2-13H,1H3,(H,23,28)(H,29,30). The molecule has 0 aliphatic carbocycles. The number of anilines is 1. The molecule has 0 aliphatic rings. The largest absolute Gasteiger partial charge is 0.464 e. The Hall–Kier alpha value is -4.93. The molecule has 0 bridgehead atoms. The van der Waals surface area contributed by atoms with Gasteiger partial charge in [0.15, 0.2) is 5.82 Å². The van der Waals surface area contributed by atoms with Gasteiger partial charge in [0.05, 0.1) is 5.52 Å². The summed E-state index contributed by atoms with van der Waals surface area (Å²) in [4.78, 5) is 44.4. The summed E-state index contributed by atoms with van der Waals surface area (Å²) in [6.45, 7) is 0. The lowest BCUT2D eigenvalue weighted by molar-refractivity contribution is 0.187. The van der Waals surface area contributed by atoms with Crippen molar-refractivity contribution < 1.29 is 29.0 Å². The van der Waals surface area contributed by atoms with Gasteiger partial charge in [-0.15, -0.1) is 0 Å². The van der Waals surface area contributed by atoms with Crippen molar-refractivity contribution >= 4 is 34.9 Å². The molecule has 0 fully saturated rings. The fraction of sp³-hybridized carbons (Fsp3) is 0.0455. The van der Waals surface area contributed by atoms with Crippen LogP contribution in [0.2, 0.25) is 0 Å². The zero-order valence-corrected chi connectivity index (χ0v) is 17.2. The maximum atomic E-state index is 12.5. The van der Waals surface area contributed by atoms with Crippen LogP contribution >= 0.6 is 0 Å². The minimum absolute atomic E-state index is 0.0174. The van der Waals surface area contributed by atoms with Gasteiger partial charge in [-0.05, 0) is 30.3 Å². The van der Waals surface area contributed by atoms with Gasteiger partial charge in [0.1, 0.15) is 17.8 Å². The van der Waals surface area contributed by atoms with E-state index >= 15 is 0 Å². The van der Waals surface area contributed by atoms with E-state index in [0.29, 0.717) is 16.2 Å². The first kappa shape index (κ1) is 21.3. The highest BCUT2D eigenvalue weighted by molar-refractivity contribution is 6.08. The number of nitrogens with zero attached hydrogens (tertiary/aromatic N) is 4. The molecule has 166 valence electrons. The highest BCUT2D eigenvalue weighted by Crippen LogP contribution is 2.27. The first-order valence-electron chi connectivity index (χ1n) is 9.59. The van der Waals surface area contributed by atoms with Gasteiger partial charge in [-0.1, -0.05) is 18.2 Å². The van der Waals surface area contributed by atoms with Gasteiger partial charge in [0, 0.05) is 30.8 Å². The summed E-state index contributed by atoms with van der Waals surface area (Å²) in [6.07, 6.45) is -0.0741. The van der Waals surface area contributed by atoms with E-state index in [1.54, 1.807) is 48.7 Å². The van der Waals surface area contributed by atoms with Gasteiger partial charge in [0.2, 0.25) is 5.88 Å². The zero-order valence-electron chi connectivity index (χ0n) is 17.2.